The molecule has 0 saturated heterocycles. The molecule has 2 rings (SSSR count). The lowest BCUT2D eigenvalue weighted by Gasteiger charge is -2.01. The van der Waals surface area contributed by atoms with Crippen LogP contribution in [-0.2, 0) is 0 Å². The molecule has 0 aliphatic carbocycles. The Morgan fingerprint density at radius 1 is 1.53 bits per heavy atom. The first-order valence-electron chi connectivity index (χ1n) is 4.10. The molecule has 1 heterocycles. The number of hydrogen-bond donors (Lipinski definition) is 1. The van der Waals surface area contributed by atoms with Crippen molar-refractivity contribution in [3.05, 3.63) is 34.6 Å². The fourth-order valence-corrected chi connectivity index (χ4v) is 1.14. The van der Waals surface area contributed by atoms with Crippen molar-refractivity contribution < 1.29 is 13.5 Å². The van der Waals surface area contributed by atoms with Crippen molar-refractivity contribution in [3.8, 4) is 17.2 Å². The summed E-state index contributed by atoms with van der Waals surface area (Å²) in [6.45, 7) is 0. The van der Waals surface area contributed by atoms with Gasteiger partial charge in [-0.1, -0.05) is 0 Å². The zero-order chi connectivity index (χ0) is 10.8. The molecule has 0 saturated carbocycles. The lowest BCUT2D eigenvalue weighted by atomic mass is 10.2. The van der Waals surface area contributed by atoms with Gasteiger partial charge < -0.3 is 9.15 Å². The lowest BCUT2D eigenvalue weighted by molar-refractivity contribution is 0.411. The molecule has 15 heavy (non-hydrogen) atoms. The summed E-state index contributed by atoms with van der Waals surface area (Å²) in [5.74, 6) is -0.987. The second kappa shape index (κ2) is 3.56. The van der Waals surface area contributed by atoms with E-state index in [9.17, 15) is 9.18 Å². The Bertz CT molecular complexity index is 532. The fourth-order valence-electron chi connectivity index (χ4n) is 1.14. The highest BCUT2D eigenvalue weighted by molar-refractivity contribution is 5.55. The van der Waals surface area contributed by atoms with Crippen LogP contribution in [0, 0.1) is 5.82 Å². The molecular formula is C9H7FN2O3. The number of benzene rings is 1. The molecule has 0 radical (unpaired) electrons. The molecule has 0 bridgehead atoms. The molecule has 0 fully saturated rings. The monoisotopic (exact) mass is 210 g/mol. The highest BCUT2D eigenvalue weighted by Gasteiger charge is 2.11. The third kappa shape index (κ3) is 1.74. The predicted molar refractivity (Wildman–Crippen MR) is 49.1 cm³/mol. The number of H-pyrrole nitrogens is 1. The predicted octanol–water partition coefficient (Wildman–Crippen LogP) is 1.18. The lowest BCUT2D eigenvalue weighted by Crippen LogP contribution is -1.93. The second-order valence-corrected chi connectivity index (χ2v) is 2.76. The smallest absolute Gasteiger partial charge is 0.434 e. The third-order valence-electron chi connectivity index (χ3n) is 1.84. The molecule has 0 aliphatic heterocycles. The maximum atomic E-state index is 13.4. The Kier molecular flexibility index (Phi) is 2.24. The summed E-state index contributed by atoms with van der Waals surface area (Å²) in [7, 11) is 1.43. The van der Waals surface area contributed by atoms with Crippen molar-refractivity contribution in [1.82, 2.24) is 10.2 Å². The normalized spacial score (nSPS) is 10.3. The van der Waals surface area contributed by atoms with Crippen molar-refractivity contribution >= 4 is 0 Å². The van der Waals surface area contributed by atoms with Gasteiger partial charge in [0, 0.05) is 6.07 Å². The average molecular weight is 210 g/mol. The van der Waals surface area contributed by atoms with Crippen LogP contribution < -0.4 is 10.5 Å². The Morgan fingerprint density at radius 3 is 2.87 bits per heavy atom. The van der Waals surface area contributed by atoms with E-state index in [1.165, 1.54) is 19.2 Å². The van der Waals surface area contributed by atoms with Gasteiger partial charge in [-0.2, -0.15) is 0 Å². The van der Waals surface area contributed by atoms with Crippen LogP contribution in [0.4, 0.5) is 4.39 Å². The van der Waals surface area contributed by atoms with Crippen LogP contribution in [0.3, 0.4) is 0 Å². The molecule has 0 unspecified atom stereocenters. The summed E-state index contributed by atoms with van der Waals surface area (Å²) in [5, 5.41) is 5.57. The second-order valence-electron chi connectivity index (χ2n) is 2.76. The first-order valence-corrected chi connectivity index (χ1v) is 4.10. The van der Waals surface area contributed by atoms with E-state index < -0.39 is 11.6 Å². The van der Waals surface area contributed by atoms with Gasteiger partial charge in [-0.25, -0.2) is 14.3 Å². The van der Waals surface area contributed by atoms with Crippen LogP contribution in [-0.4, -0.2) is 17.3 Å². The number of nitrogens with zero attached hydrogens (tertiary/aromatic N) is 1. The Morgan fingerprint density at radius 2 is 2.33 bits per heavy atom. The van der Waals surface area contributed by atoms with E-state index in [1.54, 1.807) is 6.07 Å². The maximum Gasteiger partial charge on any atom is 0.434 e. The molecule has 0 aliphatic rings. The summed E-state index contributed by atoms with van der Waals surface area (Å²) < 4.78 is 22.9. The van der Waals surface area contributed by atoms with Crippen LogP contribution in [0.25, 0.3) is 11.5 Å². The molecular weight excluding hydrogens is 203 g/mol. The first kappa shape index (κ1) is 9.45. The van der Waals surface area contributed by atoms with Gasteiger partial charge in [-0.3, -0.25) is 0 Å². The van der Waals surface area contributed by atoms with Crippen LogP contribution >= 0.6 is 0 Å². The van der Waals surface area contributed by atoms with Gasteiger partial charge in [0.1, 0.15) is 11.6 Å². The van der Waals surface area contributed by atoms with Gasteiger partial charge in [0.25, 0.3) is 5.89 Å². The van der Waals surface area contributed by atoms with Crippen LogP contribution in [0.2, 0.25) is 0 Å². The number of rotatable bonds is 2. The van der Waals surface area contributed by atoms with Gasteiger partial charge in [0.15, 0.2) is 0 Å². The average Bonchev–Trinajstić information content (AvgIpc) is 2.64. The minimum Gasteiger partial charge on any atom is -0.497 e. The van der Waals surface area contributed by atoms with Crippen molar-refractivity contribution in [2.45, 2.75) is 0 Å². The SMILES string of the molecule is COc1ccc(-c2n[nH]c(=O)o2)c(F)c1. The Hall–Kier alpha value is -2.11. The van der Waals surface area contributed by atoms with Crippen LogP contribution in [0.1, 0.15) is 0 Å². The number of methoxy groups -OCH3 is 1. The summed E-state index contributed by atoms with van der Waals surface area (Å²) in [6, 6.07) is 4.16. The number of nitrogens with one attached hydrogen (secondary N) is 1. The van der Waals surface area contributed by atoms with E-state index in [1.807, 2.05) is 0 Å². The molecule has 2 aromatic rings. The number of aromatic nitrogens is 2. The standard InChI is InChI=1S/C9H7FN2O3/c1-14-5-2-3-6(7(10)4-5)8-11-12-9(13)15-8/h2-4H,1H3,(H,12,13). The first-order chi connectivity index (χ1) is 7.20. The van der Waals surface area contributed by atoms with Gasteiger partial charge in [-0.05, 0) is 12.1 Å². The number of hydrogen-bond acceptors (Lipinski definition) is 4. The quantitative estimate of drug-likeness (QED) is 0.808. The zero-order valence-electron chi connectivity index (χ0n) is 7.78. The third-order valence-corrected chi connectivity index (χ3v) is 1.84. The van der Waals surface area contributed by atoms with Crippen molar-refractivity contribution in [2.75, 3.05) is 7.11 Å². The zero-order valence-corrected chi connectivity index (χ0v) is 7.78. The number of aromatic amines is 1. The number of ether oxygens (including phenoxy) is 1. The van der Waals surface area contributed by atoms with Gasteiger partial charge >= 0.3 is 5.76 Å². The summed E-state index contributed by atoms with van der Waals surface area (Å²) >= 11 is 0. The van der Waals surface area contributed by atoms with Crippen LogP contribution in [0.15, 0.2) is 27.4 Å². The molecule has 0 spiro atoms. The minimum atomic E-state index is -0.722. The summed E-state index contributed by atoms with van der Waals surface area (Å²) in [5.41, 5.74) is 0.106. The van der Waals surface area contributed by atoms with Gasteiger partial charge in [-0.15, -0.1) is 5.10 Å². The minimum absolute atomic E-state index is 0.0832. The van der Waals surface area contributed by atoms with Crippen molar-refractivity contribution in [1.29, 1.82) is 0 Å². The van der Waals surface area contributed by atoms with E-state index in [-0.39, 0.29) is 11.5 Å². The van der Waals surface area contributed by atoms with Crippen molar-refractivity contribution in [3.63, 3.8) is 0 Å². The van der Waals surface area contributed by atoms with Gasteiger partial charge in [0.05, 0.1) is 12.7 Å². The van der Waals surface area contributed by atoms with Crippen LogP contribution in [0.5, 0.6) is 5.75 Å². The molecule has 1 N–H and O–H groups in total. The summed E-state index contributed by atoms with van der Waals surface area (Å²) in [6.07, 6.45) is 0. The van der Waals surface area contributed by atoms with E-state index in [4.69, 9.17) is 4.74 Å². The van der Waals surface area contributed by atoms with Gasteiger partial charge in [0.2, 0.25) is 0 Å². The fraction of sp³-hybridized carbons (Fsp3) is 0.111. The van der Waals surface area contributed by atoms with Crippen molar-refractivity contribution in [2.24, 2.45) is 0 Å². The van der Waals surface area contributed by atoms with E-state index in [2.05, 4.69) is 14.6 Å². The van der Waals surface area contributed by atoms with E-state index in [0.29, 0.717) is 5.75 Å². The van der Waals surface area contributed by atoms with E-state index in [0.717, 1.165) is 0 Å². The molecule has 1 aromatic carbocycles. The largest absolute Gasteiger partial charge is 0.497 e. The highest BCUT2D eigenvalue weighted by Crippen LogP contribution is 2.23. The Balaban J connectivity index is 2.49. The highest BCUT2D eigenvalue weighted by atomic mass is 19.1. The summed E-state index contributed by atoms with van der Waals surface area (Å²) in [4.78, 5) is 10.7. The Labute approximate surface area is 83.5 Å². The molecule has 0 atom stereocenters. The molecule has 78 valence electrons. The number of halogens is 1. The van der Waals surface area contributed by atoms with E-state index >= 15 is 0 Å². The molecule has 6 heteroatoms. The topological polar surface area (TPSA) is 68.1 Å². The maximum absolute atomic E-state index is 13.4. The molecule has 0 amide bonds. The molecule has 1 aromatic heterocycles. The molecule has 5 nitrogen and oxygen atoms in total.